The molecule has 0 aliphatic carbocycles. The lowest BCUT2D eigenvalue weighted by molar-refractivity contribution is 0.263. The van der Waals surface area contributed by atoms with E-state index in [1.807, 2.05) is 19.1 Å². The Labute approximate surface area is 258 Å². The van der Waals surface area contributed by atoms with Crippen LogP contribution in [0.4, 0.5) is 11.4 Å². The van der Waals surface area contributed by atoms with Gasteiger partial charge in [0.1, 0.15) is 36.9 Å². The molecule has 2 saturated heterocycles. The normalized spacial score (nSPS) is 17.0. The minimum Gasteiger partial charge on any atom is -0.491 e. The predicted molar refractivity (Wildman–Crippen MR) is 167 cm³/mol. The van der Waals surface area contributed by atoms with Gasteiger partial charge in [-0.15, -0.1) is 0 Å². The van der Waals surface area contributed by atoms with Gasteiger partial charge in [-0.2, -0.15) is 0 Å². The fourth-order valence-electron chi connectivity index (χ4n) is 4.01. The number of rotatable bonds is 12. The van der Waals surface area contributed by atoms with Crippen molar-refractivity contribution in [3.8, 4) is 11.5 Å². The predicted octanol–water partition coefficient (Wildman–Crippen LogP) is 5.15. The van der Waals surface area contributed by atoms with Crippen LogP contribution < -0.4 is 18.9 Å². The lowest BCUT2D eigenvalue weighted by atomic mass is 10.2. The van der Waals surface area contributed by atoms with Crippen molar-refractivity contribution in [1.29, 1.82) is 0 Å². The second-order valence-corrected chi connectivity index (χ2v) is 13.7. The van der Waals surface area contributed by atoms with Gasteiger partial charge < -0.3 is 18.9 Å². The molecular weight excluding hydrogens is 604 g/mol. The molecule has 2 N–H and O–H groups in total. The Morgan fingerprint density at radius 3 is 1.64 bits per heavy atom. The maximum Gasteiger partial charge on any atom is 0.262 e. The van der Waals surface area contributed by atoms with E-state index < -0.39 is 20.0 Å². The van der Waals surface area contributed by atoms with E-state index in [0.717, 1.165) is 18.8 Å². The van der Waals surface area contributed by atoms with E-state index in [4.69, 9.17) is 18.9 Å². The minimum absolute atomic E-state index is 0.194. The third-order valence-corrected chi connectivity index (χ3v) is 9.49. The second kappa shape index (κ2) is 13.7. The van der Waals surface area contributed by atoms with E-state index >= 15 is 0 Å². The number of anilines is 2. The molecule has 4 aromatic carbocycles. The standard InChI is InChI=1S/2C16H17NO4S/c1-12-3-2-4-16(9-12)22(18,19)17-13-5-7-14(8-6-13)20-10-15-11-21-15;1-12-4-2-3-5-16(12)22(18,19)17-13-6-8-14(9-7-13)20-10-15-11-21-15/h2*2-9,15,17H,10-11H2,1H3. The number of nitrogens with one attached hydrogen (secondary N) is 2. The summed E-state index contributed by atoms with van der Waals surface area (Å²) < 4.78 is 75.6. The largest absolute Gasteiger partial charge is 0.491 e. The van der Waals surface area contributed by atoms with Crippen molar-refractivity contribution in [2.45, 2.75) is 35.8 Å². The average molecular weight is 639 g/mol. The number of epoxide rings is 2. The molecule has 2 atom stereocenters. The molecule has 0 bridgehead atoms. The number of ether oxygens (including phenoxy) is 4. The number of sulfonamides is 2. The summed E-state index contributed by atoms with van der Waals surface area (Å²) >= 11 is 0. The van der Waals surface area contributed by atoms with Crippen molar-refractivity contribution in [2.24, 2.45) is 0 Å². The van der Waals surface area contributed by atoms with Gasteiger partial charge in [-0.25, -0.2) is 16.8 Å². The van der Waals surface area contributed by atoms with Crippen molar-refractivity contribution in [1.82, 2.24) is 0 Å². The van der Waals surface area contributed by atoms with E-state index in [1.54, 1.807) is 91.9 Å². The molecule has 2 fully saturated rings. The van der Waals surface area contributed by atoms with Gasteiger partial charge in [-0.3, -0.25) is 9.44 Å². The Morgan fingerprint density at radius 2 is 1.16 bits per heavy atom. The molecule has 6 rings (SSSR count). The molecule has 2 aliphatic rings. The Kier molecular flexibility index (Phi) is 9.74. The molecule has 44 heavy (non-hydrogen) atoms. The molecule has 0 aromatic heterocycles. The molecule has 232 valence electrons. The number of aryl methyl sites for hydroxylation is 2. The van der Waals surface area contributed by atoms with Crippen LogP contribution in [-0.2, 0) is 29.5 Å². The summed E-state index contributed by atoms with van der Waals surface area (Å²) in [5.74, 6) is 1.38. The maximum atomic E-state index is 12.4. The first-order valence-corrected chi connectivity index (χ1v) is 16.9. The van der Waals surface area contributed by atoms with Crippen LogP contribution in [0.25, 0.3) is 0 Å². The van der Waals surface area contributed by atoms with Gasteiger partial charge in [0.15, 0.2) is 0 Å². The Hall–Kier alpha value is -4.10. The van der Waals surface area contributed by atoms with E-state index in [9.17, 15) is 16.8 Å². The monoisotopic (exact) mass is 638 g/mol. The molecule has 2 unspecified atom stereocenters. The van der Waals surface area contributed by atoms with Crippen LogP contribution in [0.2, 0.25) is 0 Å². The zero-order valence-corrected chi connectivity index (χ0v) is 25.9. The zero-order valence-electron chi connectivity index (χ0n) is 24.3. The summed E-state index contributed by atoms with van der Waals surface area (Å²) in [7, 11) is -7.16. The lowest BCUT2D eigenvalue weighted by Crippen LogP contribution is -2.14. The smallest absolute Gasteiger partial charge is 0.262 e. The number of hydrogen-bond acceptors (Lipinski definition) is 8. The third-order valence-electron chi connectivity index (χ3n) is 6.57. The van der Waals surface area contributed by atoms with Crippen molar-refractivity contribution in [3.63, 3.8) is 0 Å². The van der Waals surface area contributed by atoms with Crippen LogP contribution >= 0.6 is 0 Å². The van der Waals surface area contributed by atoms with Crippen molar-refractivity contribution in [2.75, 3.05) is 35.9 Å². The van der Waals surface area contributed by atoms with Gasteiger partial charge in [-0.05, 0) is 91.7 Å². The fraction of sp³-hybridized carbons (Fsp3) is 0.250. The van der Waals surface area contributed by atoms with E-state index in [-0.39, 0.29) is 22.0 Å². The van der Waals surface area contributed by atoms with E-state index in [1.165, 1.54) is 0 Å². The summed E-state index contributed by atoms with van der Waals surface area (Å²) in [5.41, 5.74) is 2.60. The Bertz CT molecular complexity index is 1770. The second-order valence-electron chi connectivity index (χ2n) is 10.4. The molecule has 4 aromatic rings. The first-order valence-electron chi connectivity index (χ1n) is 13.9. The topological polar surface area (TPSA) is 136 Å². The SMILES string of the molecule is Cc1cccc(S(=O)(=O)Nc2ccc(OCC3CO3)cc2)c1.Cc1ccccc1S(=O)(=O)Nc1ccc(OCC2CO2)cc1. The summed E-state index contributed by atoms with van der Waals surface area (Å²) in [6.07, 6.45) is 0.388. The van der Waals surface area contributed by atoms with Crippen LogP contribution in [0.15, 0.2) is 107 Å². The van der Waals surface area contributed by atoms with Crippen molar-refractivity contribution in [3.05, 3.63) is 108 Å². The van der Waals surface area contributed by atoms with Crippen LogP contribution in [0.5, 0.6) is 11.5 Å². The molecule has 0 spiro atoms. The fourth-order valence-corrected chi connectivity index (χ4v) is 6.48. The molecule has 12 heteroatoms. The molecule has 0 saturated carbocycles. The molecule has 0 amide bonds. The summed E-state index contributed by atoms with van der Waals surface area (Å²) in [6.45, 7) is 6.16. The molecular formula is C32H34N2O8S2. The lowest BCUT2D eigenvalue weighted by Gasteiger charge is -2.11. The van der Waals surface area contributed by atoms with E-state index in [0.29, 0.717) is 41.7 Å². The number of hydrogen-bond donors (Lipinski definition) is 2. The van der Waals surface area contributed by atoms with Crippen molar-refractivity contribution < 1.29 is 35.8 Å². The van der Waals surface area contributed by atoms with Gasteiger partial charge in [0, 0.05) is 11.4 Å². The first-order chi connectivity index (χ1) is 21.1. The molecule has 0 radical (unpaired) electrons. The van der Waals surface area contributed by atoms with Gasteiger partial charge in [0.25, 0.3) is 20.0 Å². The average Bonchev–Trinajstić information content (AvgIpc) is 3.93. The summed E-state index contributed by atoms with van der Waals surface area (Å²) in [4.78, 5) is 0.528. The Morgan fingerprint density at radius 1 is 0.659 bits per heavy atom. The van der Waals surface area contributed by atoms with Crippen LogP contribution in [0, 0.1) is 13.8 Å². The molecule has 2 heterocycles. The van der Waals surface area contributed by atoms with Crippen LogP contribution in [0.1, 0.15) is 11.1 Å². The molecule has 2 aliphatic heterocycles. The van der Waals surface area contributed by atoms with Gasteiger partial charge in [0.05, 0.1) is 23.0 Å². The highest BCUT2D eigenvalue weighted by atomic mass is 32.2. The van der Waals surface area contributed by atoms with Gasteiger partial charge >= 0.3 is 0 Å². The van der Waals surface area contributed by atoms with Gasteiger partial charge in [-0.1, -0.05) is 30.3 Å². The molecule has 10 nitrogen and oxygen atoms in total. The highest BCUT2D eigenvalue weighted by molar-refractivity contribution is 7.93. The Balaban J connectivity index is 0.000000175. The van der Waals surface area contributed by atoms with E-state index in [2.05, 4.69) is 9.44 Å². The van der Waals surface area contributed by atoms with Crippen LogP contribution in [-0.4, -0.2) is 55.5 Å². The zero-order chi connectivity index (χ0) is 31.2. The highest BCUT2D eigenvalue weighted by Gasteiger charge is 2.24. The van der Waals surface area contributed by atoms with Crippen LogP contribution in [0.3, 0.4) is 0 Å². The summed E-state index contributed by atoms with van der Waals surface area (Å²) in [5, 5.41) is 0. The number of benzene rings is 4. The maximum absolute atomic E-state index is 12.4. The quantitative estimate of drug-likeness (QED) is 0.204. The minimum atomic E-state index is -3.58. The third kappa shape index (κ3) is 9.20. The highest BCUT2D eigenvalue weighted by Crippen LogP contribution is 2.23. The van der Waals surface area contributed by atoms with Gasteiger partial charge in [0.2, 0.25) is 0 Å². The summed E-state index contributed by atoms with van der Waals surface area (Å²) in [6, 6.07) is 27.3. The first kappa shape index (κ1) is 31.3. The van der Waals surface area contributed by atoms with Crippen molar-refractivity contribution >= 4 is 31.4 Å².